The quantitative estimate of drug-likeness (QED) is 0.603. The largest absolute Gasteiger partial charge is 0.492 e. The van der Waals surface area contributed by atoms with Gasteiger partial charge in [-0.25, -0.2) is 4.39 Å². The summed E-state index contributed by atoms with van der Waals surface area (Å²) >= 11 is 2.72. The van der Waals surface area contributed by atoms with E-state index in [2.05, 4.69) is 15.9 Å². The summed E-state index contributed by atoms with van der Waals surface area (Å²) in [5, 5.41) is 17.4. The van der Waals surface area contributed by atoms with Crippen LogP contribution < -0.4 is 5.46 Å². The first-order valence-electron chi connectivity index (χ1n) is 3.66. The molecule has 0 radical (unpaired) electrons. The van der Waals surface area contributed by atoms with E-state index in [9.17, 15) is 17.6 Å². The van der Waals surface area contributed by atoms with Crippen molar-refractivity contribution in [3.63, 3.8) is 0 Å². The highest BCUT2D eigenvalue weighted by Gasteiger charge is 2.37. The molecule has 0 saturated heterocycles. The standard InChI is InChI=1S/C7H4BBrF4O2/c9-4-2-1-3(7(11,12)13)6(10)5(4)8(14)15/h1-2,14-15H. The Hall–Kier alpha value is -0.595. The van der Waals surface area contributed by atoms with E-state index in [0.717, 1.165) is 6.07 Å². The fourth-order valence-electron chi connectivity index (χ4n) is 1.02. The van der Waals surface area contributed by atoms with Crippen LogP contribution in [0.25, 0.3) is 0 Å². The fourth-order valence-corrected chi connectivity index (χ4v) is 1.54. The van der Waals surface area contributed by atoms with Crippen LogP contribution in [0.5, 0.6) is 0 Å². The van der Waals surface area contributed by atoms with Crippen LogP contribution in [0.3, 0.4) is 0 Å². The molecule has 0 aromatic heterocycles. The van der Waals surface area contributed by atoms with Gasteiger partial charge in [0.2, 0.25) is 0 Å². The van der Waals surface area contributed by atoms with Gasteiger partial charge < -0.3 is 10.0 Å². The minimum absolute atomic E-state index is 0.136. The highest BCUT2D eigenvalue weighted by Crippen LogP contribution is 2.31. The van der Waals surface area contributed by atoms with Crippen molar-refractivity contribution < 1.29 is 27.6 Å². The SMILES string of the molecule is OB(O)c1c(Br)ccc(C(F)(F)F)c1F. The summed E-state index contributed by atoms with van der Waals surface area (Å²) in [6, 6.07) is 1.42. The lowest BCUT2D eigenvalue weighted by Crippen LogP contribution is -2.35. The molecule has 0 saturated carbocycles. The molecule has 0 fully saturated rings. The third kappa shape index (κ3) is 2.50. The first kappa shape index (κ1) is 12.5. The van der Waals surface area contributed by atoms with Gasteiger partial charge >= 0.3 is 13.3 Å². The Bertz CT molecular complexity index is 380. The second-order valence-corrected chi connectivity index (χ2v) is 3.55. The Morgan fingerprint density at radius 3 is 2.13 bits per heavy atom. The molecule has 0 spiro atoms. The molecular formula is C7H4BBrF4O2. The Kier molecular flexibility index (Phi) is 3.42. The van der Waals surface area contributed by atoms with Crippen molar-refractivity contribution in [1.29, 1.82) is 0 Å². The molecular weight excluding hydrogens is 283 g/mol. The molecule has 2 nitrogen and oxygen atoms in total. The number of hydrogen-bond acceptors (Lipinski definition) is 2. The van der Waals surface area contributed by atoms with E-state index >= 15 is 0 Å². The van der Waals surface area contributed by atoms with Gasteiger partial charge in [-0.1, -0.05) is 15.9 Å². The van der Waals surface area contributed by atoms with Crippen LogP contribution in [0.1, 0.15) is 5.56 Å². The topological polar surface area (TPSA) is 40.5 Å². The Morgan fingerprint density at radius 2 is 1.73 bits per heavy atom. The third-order valence-corrected chi connectivity index (χ3v) is 2.38. The van der Waals surface area contributed by atoms with Gasteiger partial charge in [0.15, 0.2) is 0 Å². The summed E-state index contributed by atoms with van der Waals surface area (Å²) in [6.45, 7) is 0. The molecule has 1 rings (SSSR count). The zero-order valence-corrected chi connectivity index (χ0v) is 8.60. The third-order valence-electron chi connectivity index (χ3n) is 1.69. The van der Waals surface area contributed by atoms with Gasteiger partial charge in [-0.3, -0.25) is 0 Å². The zero-order valence-electron chi connectivity index (χ0n) is 7.02. The molecule has 0 bridgehead atoms. The Labute approximate surface area is 90.8 Å². The summed E-state index contributed by atoms with van der Waals surface area (Å²) < 4.78 is 49.7. The molecule has 2 N–H and O–H groups in total. The molecule has 0 aliphatic rings. The lowest BCUT2D eigenvalue weighted by Gasteiger charge is -2.12. The maximum absolute atomic E-state index is 13.2. The second-order valence-electron chi connectivity index (χ2n) is 2.69. The van der Waals surface area contributed by atoms with Gasteiger partial charge in [0, 0.05) is 9.94 Å². The average Bonchev–Trinajstić information content (AvgIpc) is 2.00. The van der Waals surface area contributed by atoms with Crippen molar-refractivity contribution >= 4 is 28.5 Å². The Morgan fingerprint density at radius 1 is 1.20 bits per heavy atom. The van der Waals surface area contributed by atoms with E-state index in [-0.39, 0.29) is 4.47 Å². The van der Waals surface area contributed by atoms with Crippen molar-refractivity contribution in [2.45, 2.75) is 6.18 Å². The van der Waals surface area contributed by atoms with Gasteiger partial charge in [-0.2, -0.15) is 13.2 Å². The van der Waals surface area contributed by atoms with E-state index in [1.165, 1.54) is 0 Å². The fraction of sp³-hybridized carbons (Fsp3) is 0.143. The van der Waals surface area contributed by atoms with Crippen LogP contribution in [-0.2, 0) is 6.18 Å². The molecule has 0 amide bonds. The van der Waals surface area contributed by atoms with Crippen molar-refractivity contribution in [3.05, 3.63) is 28.0 Å². The van der Waals surface area contributed by atoms with Gasteiger partial charge in [-0.15, -0.1) is 0 Å². The summed E-state index contributed by atoms with van der Waals surface area (Å²) in [4.78, 5) is 0. The van der Waals surface area contributed by atoms with Gasteiger partial charge in [-0.05, 0) is 12.1 Å². The summed E-state index contributed by atoms with van der Waals surface area (Å²) in [5.41, 5.74) is -2.36. The maximum Gasteiger partial charge on any atom is 0.492 e. The summed E-state index contributed by atoms with van der Waals surface area (Å²) in [5.74, 6) is -1.69. The molecule has 0 aliphatic carbocycles. The maximum atomic E-state index is 13.2. The monoisotopic (exact) mass is 286 g/mol. The Balaban J connectivity index is 3.42. The molecule has 15 heavy (non-hydrogen) atoms. The molecule has 0 aliphatic heterocycles. The number of benzene rings is 1. The van der Waals surface area contributed by atoms with E-state index < -0.39 is 30.1 Å². The van der Waals surface area contributed by atoms with Crippen molar-refractivity contribution in [3.8, 4) is 0 Å². The molecule has 1 aromatic carbocycles. The van der Waals surface area contributed by atoms with Gasteiger partial charge in [0.1, 0.15) is 5.82 Å². The normalized spacial score (nSPS) is 11.7. The van der Waals surface area contributed by atoms with E-state index in [0.29, 0.717) is 6.07 Å². The average molecular weight is 287 g/mol. The molecule has 0 atom stereocenters. The first-order valence-corrected chi connectivity index (χ1v) is 4.45. The van der Waals surface area contributed by atoms with Crippen LogP contribution >= 0.6 is 15.9 Å². The van der Waals surface area contributed by atoms with Crippen LogP contribution in [0.15, 0.2) is 16.6 Å². The van der Waals surface area contributed by atoms with Gasteiger partial charge in [0.05, 0.1) is 5.56 Å². The summed E-state index contributed by atoms with van der Waals surface area (Å²) in [7, 11) is -2.30. The molecule has 0 heterocycles. The van der Waals surface area contributed by atoms with Crippen LogP contribution in [0.4, 0.5) is 17.6 Å². The van der Waals surface area contributed by atoms with E-state index in [4.69, 9.17) is 10.0 Å². The van der Waals surface area contributed by atoms with Crippen LogP contribution in [-0.4, -0.2) is 17.2 Å². The van der Waals surface area contributed by atoms with Crippen molar-refractivity contribution in [2.75, 3.05) is 0 Å². The first-order chi connectivity index (χ1) is 6.75. The molecule has 1 aromatic rings. The minimum atomic E-state index is -4.87. The van der Waals surface area contributed by atoms with E-state index in [1.54, 1.807) is 0 Å². The number of alkyl halides is 3. The molecule has 8 heteroatoms. The lowest BCUT2D eigenvalue weighted by molar-refractivity contribution is -0.139. The lowest BCUT2D eigenvalue weighted by atomic mass is 9.79. The van der Waals surface area contributed by atoms with Gasteiger partial charge in [0.25, 0.3) is 0 Å². The number of rotatable bonds is 1. The van der Waals surface area contributed by atoms with Crippen LogP contribution in [0, 0.1) is 5.82 Å². The molecule has 0 unspecified atom stereocenters. The van der Waals surface area contributed by atoms with Crippen molar-refractivity contribution in [1.82, 2.24) is 0 Å². The highest BCUT2D eigenvalue weighted by molar-refractivity contribution is 9.10. The van der Waals surface area contributed by atoms with Crippen LogP contribution in [0.2, 0.25) is 0 Å². The predicted molar refractivity (Wildman–Crippen MR) is 48.9 cm³/mol. The zero-order chi connectivity index (χ0) is 11.8. The second kappa shape index (κ2) is 4.11. The number of halogens is 5. The van der Waals surface area contributed by atoms with E-state index in [1.807, 2.05) is 0 Å². The minimum Gasteiger partial charge on any atom is -0.423 e. The number of hydrogen-bond donors (Lipinski definition) is 2. The smallest absolute Gasteiger partial charge is 0.423 e. The highest BCUT2D eigenvalue weighted by atomic mass is 79.9. The summed E-state index contributed by atoms with van der Waals surface area (Å²) in [6.07, 6.45) is -4.87. The molecule has 82 valence electrons. The van der Waals surface area contributed by atoms with Crippen molar-refractivity contribution in [2.24, 2.45) is 0 Å². The predicted octanol–water partition coefficient (Wildman–Crippen LogP) is 1.29.